The molecule has 27 heavy (non-hydrogen) atoms. The van der Waals surface area contributed by atoms with Crippen molar-refractivity contribution in [3.63, 3.8) is 0 Å². The van der Waals surface area contributed by atoms with Crippen LogP contribution in [-0.4, -0.2) is 19.6 Å². The molecule has 1 N–H and O–H groups in total. The van der Waals surface area contributed by atoms with Gasteiger partial charge in [-0.15, -0.1) is 6.42 Å². The number of nitrogens with zero attached hydrogens (tertiary/aromatic N) is 1. The summed E-state index contributed by atoms with van der Waals surface area (Å²) in [6.07, 6.45) is 5.21. The van der Waals surface area contributed by atoms with Crippen molar-refractivity contribution in [1.29, 1.82) is 0 Å². The molecule has 0 unspecified atom stereocenters. The number of hydrogen-bond donors (Lipinski definition) is 1. The zero-order valence-corrected chi connectivity index (χ0v) is 15.6. The number of hydrogen-bond acceptors (Lipinski definition) is 3. The van der Waals surface area contributed by atoms with E-state index in [0.29, 0.717) is 28.5 Å². The van der Waals surface area contributed by atoms with Gasteiger partial charge in [-0.2, -0.15) is 0 Å². The molecule has 2 rings (SSSR count). The fourth-order valence-electron chi connectivity index (χ4n) is 2.42. The Morgan fingerprint density at radius 1 is 1.30 bits per heavy atom. The number of methoxy groups -OCH3 is 1. The zero-order valence-electron chi connectivity index (χ0n) is 14.9. The Bertz CT molecular complexity index is 866. The Kier molecular flexibility index (Phi) is 7.55. The van der Waals surface area contributed by atoms with E-state index in [0.717, 1.165) is 5.56 Å². The maximum absolute atomic E-state index is 12.2. The molecule has 0 aromatic heterocycles. The fraction of sp³-hybridized carbons (Fsp3) is 0.238. The maximum atomic E-state index is 12.2. The van der Waals surface area contributed by atoms with Gasteiger partial charge in [0.2, 0.25) is 5.91 Å². The van der Waals surface area contributed by atoms with E-state index in [4.69, 9.17) is 34.1 Å². The second kappa shape index (κ2) is 10.1. The highest BCUT2D eigenvalue weighted by Crippen LogP contribution is 2.28. The van der Waals surface area contributed by atoms with Crippen LogP contribution in [0.15, 0.2) is 42.5 Å². The van der Waals surface area contributed by atoms with Gasteiger partial charge in [-0.3, -0.25) is 15.0 Å². The van der Waals surface area contributed by atoms with Crippen molar-refractivity contribution in [3.8, 4) is 23.8 Å². The number of benzene rings is 2. The molecule has 0 heterocycles. The third-order valence-electron chi connectivity index (χ3n) is 3.79. The molecule has 2 aromatic rings. The topological polar surface area (TPSA) is 51.9 Å². The molecular weight excluding hydrogens is 364 g/mol. The second-order valence-corrected chi connectivity index (χ2v) is 6.07. The van der Waals surface area contributed by atoms with Gasteiger partial charge in [-0.1, -0.05) is 23.6 Å². The molecule has 138 valence electrons. The van der Waals surface area contributed by atoms with E-state index in [1.807, 2.05) is 12.1 Å². The summed E-state index contributed by atoms with van der Waals surface area (Å²) in [7, 11) is 1.54. The number of ether oxygens (including phenoxy) is 2. The Morgan fingerprint density at radius 3 is 2.67 bits per heavy atom. The first-order valence-corrected chi connectivity index (χ1v) is 8.59. The number of carbonyl (C=O) groups is 1. The van der Waals surface area contributed by atoms with Crippen molar-refractivity contribution < 1.29 is 14.3 Å². The smallest absolute Gasteiger partial charge is 0.324 e. The Hall–Kier alpha value is -3.15. The third-order valence-corrected chi connectivity index (χ3v) is 4.04. The van der Waals surface area contributed by atoms with Crippen LogP contribution < -0.4 is 14.8 Å². The van der Waals surface area contributed by atoms with Gasteiger partial charge in [-0.05, 0) is 48.4 Å². The summed E-state index contributed by atoms with van der Waals surface area (Å²) in [6.45, 7) is 7.46. The Labute approximate surface area is 164 Å². The van der Waals surface area contributed by atoms with Crippen molar-refractivity contribution in [2.24, 2.45) is 0 Å². The predicted octanol–water partition coefficient (Wildman–Crippen LogP) is 4.03. The largest absolute Gasteiger partial charge is 0.493 e. The number of halogens is 1. The summed E-state index contributed by atoms with van der Waals surface area (Å²) in [5, 5.41) is 3.31. The van der Waals surface area contributed by atoms with Gasteiger partial charge < -0.3 is 9.47 Å². The zero-order chi connectivity index (χ0) is 19.6. The van der Waals surface area contributed by atoms with Crippen LogP contribution in [0.2, 0.25) is 5.02 Å². The van der Waals surface area contributed by atoms with Gasteiger partial charge in [0.15, 0.2) is 11.5 Å². The highest BCUT2D eigenvalue weighted by Gasteiger charge is 2.18. The molecule has 0 spiro atoms. The minimum atomic E-state index is -0.733. The van der Waals surface area contributed by atoms with Gasteiger partial charge in [-0.25, -0.2) is 6.57 Å². The number of carbonyl (C=O) groups excluding carboxylic acids is 1. The minimum absolute atomic E-state index is 0.154. The molecule has 0 aliphatic heterocycles. The lowest BCUT2D eigenvalue weighted by Crippen LogP contribution is -2.26. The summed E-state index contributed by atoms with van der Waals surface area (Å²) < 4.78 is 10.7. The summed E-state index contributed by atoms with van der Waals surface area (Å²) in [6, 6.07) is 12.3. The fourth-order valence-corrected chi connectivity index (χ4v) is 2.55. The molecule has 0 fully saturated rings. The molecule has 5 nitrogen and oxygen atoms in total. The highest BCUT2D eigenvalue weighted by atomic mass is 35.5. The average Bonchev–Trinajstić information content (AvgIpc) is 2.69. The molecule has 0 radical (unpaired) electrons. The van der Waals surface area contributed by atoms with Gasteiger partial charge in [0.1, 0.15) is 6.61 Å². The highest BCUT2D eigenvalue weighted by molar-refractivity contribution is 6.30. The summed E-state index contributed by atoms with van der Waals surface area (Å²) in [4.78, 5) is 15.7. The van der Waals surface area contributed by atoms with Crippen molar-refractivity contribution >= 4 is 17.5 Å². The maximum Gasteiger partial charge on any atom is 0.324 e. The Balaban J connectivity index is 1.95. The average molecular weight is 383 g/mol. The summed E-state index contributed by atoms with van der Waals surface area (Å²) in [5.41, 5.74) is 1.61. The van der Waals surface area contributed by atoms with Crippen LogP contribution in [0, 0.1) is 18.9 Å². The standard InChI is InChI=1S/C21H19ClN2O3/c1-4-13-27-18-11-5-15(14-19(18)26-3)6-12-20(25)24-21(23-2)16-7-9-17(22)10-8-16/h1,5,7-11,14,21H,6,12-13H2,3H3,(H,24,25)/t21-/m1/s1. The molecule has 6 heteroatoms. The summed E-state index contributed by atoms with van der Waals surface area (Å²) in [5.74, 6) is 3.30. The van der Waals surface area contributed by atoms with E-state index in [-0.39, 0.29) is 18.9 Å². The number of nitrogens with one attached hydrogen (secondary N) is 1. The minimum Gasteiger partial charge on any atom is -0.493 e. The number of rotatable bonds is 8. The first-order valence-electron chi connectivity index (χ1n) is 8.22. The van der Waals surface area contributed by atoms with Crippen molar-refractivity contribution in [3.05, 3.63) is 70.0 Å². The van der Waals surface area contributed by atoms with E-state index < -0.39 is 6.17 Å². The number of terminal acetylenes is 1. The molecule has 0 aliphatic carbocycles. The molecule has 0 aliphatic rings. The van der Waals surface area contributed by atoms with Gasteiger partial charge in [0.25, 0.3) is 0 Å². The first-order chi connectivity index (χ1) is 13.1. The molecular formula is C21H19ClN2O3. The van der Waals surface area contributed by atoms with Crippen LogP contribution in [0.5, 0.6) is 11.5 Å². The molecule has 1 amide bonds. The van der Waals surface area contributed by atoms with Crippen LogP contribution in [0.4, 0.5) is 0 Å². The van der Waals surface area contributed by atoms with Crippen molar-refractivity contribution in [2.45, 2.75) is 19.0 Å². The predicted molar refractivity (Wildman–Crippen MR) is 105 cm³/mol. The molecule has 1 atom stereocenters. The van der Waals surface area contributed by atoms with Gasteiger partial charge in [0.05, 0.1) is 12.7 Å². The van der Waals surface area contributed by atoms with Gasteiger partial charge in [0, 0.05) is 11.4 Å². The quantitative estimate of drug-likeness (QED) is 0.554. The van der Waals surface area contributed by atoms with Crippen LogP contribution >= 0.6 is 11.6 Å². The molecule has 0 saturated heterocycles. The second-order valence-electron chi connectivity index (χ2n) is 5.63. The lowest BCUT2D eigenvalue weighted by Gasteiger charge is -2.11. The molecule has 0 bridgehead atoms. The normalized spacial score (nSPS) is 11.0. The SMILES string of the molecule is [C-]#[N+][C@H](NC(=O)CCc1ccc(OCC#C)c(OC)c1)c1ccc(Cl)cc1. The van der Waals surface area contributed by atoms with Crippen molar-refractivity contribution in [2.75, 3.05) is 13.7 Å². The van der Waals surface area contributed by atoms with Crippen LogP contribution in [0.3, 0.4) is 0 Å². The first kappa shape index (κ1) is 20.2. The van der Waals surface area contributed by atoms with E-state index in [9.17, 15) is 4.79 Å². The van der Waals surface area contributed by atoms with E-state index >= 15 is 0 Å². The van der Waals surface area contributed by atoms with E-state index in [2.05, 4.69) is 16.1 Å². The van der Waals surface area contributed by atoms with E-state index in [1.54, 1.807) is 37.4 Å². The van der Waals surface area contributed by atoms with Gasteiger partial charge >= 0.3 is 6.17 Å². The molecule has 2 aromatic carbocycles. The number of aryl methyl sites for hydroxylation is 1. The lowest BCUT2D eigenvalue weighted by molar-refractivity contribution is -0.121. The Morgan fingerprint density at radius 2 is 2.04 bits per heavy atom. The summed E-state index contributed by atoms with van der Waals surface area (Å²) >= 11 is 5.85. The van der Waals surface area contributed by atoms with E-state index in [1.165, 1.54) is 0 Å². The van der Waals surface area contributed by atoms with Crippen LogP contribution in [-0.2, 0) is 11.2 Å². The third kappa shape index (κ3) is 5.95. The van der Waals surface area contributed by atoms with Crippen LogP contribution in [0.1, 0.15) is 23.7 Å². The lowest BCUT2D eigenvalue weighted by atomic mass is 10.1. The van der Waals surface area contributed by atoms with Crippen LogP contribution in [0.25, 0.3) is 4.85 Å². The molecule has 0 saturated carbocycles. The monoisotopic (exact) mass is 382 g/mol. The number of amides is 1. The van der Waals surface area contributed by atoms with Crippen molar-refractivity contribution in [1.82, 2.24) is 5.32 Å².